The summed E-state index contributed by atoms with van der Waals surface area (Å²) in [5.41, 5.74) is 3.07. The SMILES string of the molecule is CC(C)c1cnc(C(=O)NN)cn1. The van der Waals surface area contributed by atoms with Gasteiger partial charge in [0.1, 0.15) is 5.69 Å². The predicted molar refractivity (Wildman–Crippen MR) is 47.8 cm³/mol. The number of nitrogens with one attached hydrogen (secondary N) is 1. The Morgan fingerprint density at radius 1 is 1.46 bits per heavy atom. The fraction of sp³-hybridized carbons (Fsp3) is 0.375. The number of aromatic nitrogens is 2. The van der Waals surface area contributed by atoms with Gasteiger partial charge in [0.15, 0.2) is 0 Å². The van der Waals surface area contributed by atoms with E-state index in [1.165, 1.54) is 6.20 Å². The molecule has 1 aromatic rings. The van der Waals surface area contributed by atoms with Crippen LogP contribution >= 0.6 is 0 Å². The molecule has 13 heavy (non-hydrogen) atoms. The monoisotopic (exact) mass is 180 g/mol. The topological polar surface area (TPSA) is 80.9 Å². The molecule has 5 heteroatoms. The van der Waals surface area contributed by atoms with Crippen molar-refractivity contribution in [3.05, 3.63) is 23.8 Å². The Balaban J connectivity index is 2.87. The number of nitrogens with zero attached hydrogens (tertiary/aromatic N) is 2. The van der Waals surface area contributed by atoms with Gasteiger partial charge in [-0.2, -0.15) is 0 Å². The normalized spacial score (nSPS) is 10.2. The number of amides is 1. The molecule has 0 aliphatic heterocycles. The molecule has 1 heterocycles. The van der Waals surface area contributed by atoms with Gasteiger partial charge in [0.05, 0.1) is 11.9 Å². The van der Waals surface area contributed by atoms with E-state index in [2.05, 4.69) is 9.97 Å². The third kappa shape index (κ3) is 2.22. The van der Waals surface area contributed by atoms with Gasteiger partial charge in [-0.3, -0.25) is 15.2 Å². The first-order valence-corrected chi connectivity index (χ1v) is 3.98. The van der Waals surface area contributed by atoms with Gasteiger partial charge in [0.2, 0.25) is 0 Å². The molecule has 0 fully saturated rings. The summed E-state index contributed by atoms with van der Waals surface area (Å²) in [7, 11) is 0. The van der Waals surface area contributed by atoms with Crippen LogP contribution in [-0.4, -0.2) is 15.9 Å². The zero-order valence-corrected chi connectivity index (χ0v) is 7.61. The molecule has 0 bridgehead atoms. The maximum Gasteiger partial charge on any atom is 0.285 e. The molecule has 0 aliphatic rings. The number of rotatable bonds is 2. The van der Waals surface area contributed by atoms with Crippen molar-refractivity contribution in [2.24, 2.45) is 5.84 Å². The van der Waals surface area contributed by atoms with Gasteiger partial charge in [-0.25, -0.2) is 10.8 Å². The standard InChI is InChI=1S/C8H12N4O/c1-5(2)6-3-11-7(4-10-6)8(13)12-9/h3-5H,9H2,1-2H3,(H,12,13). The van der Waals surface area contributed by atoms with Crippen molar-refractivity contribution < 1.29 is 4.79 Å². The Kier molecular flexibility index (Phi) is 2.92. The molecule has 0 aliphatic carbocycles. The van der Waals surface area contributed by atoms with Crippen LogP contribution in [0.4, 0.5) is 0 Å². The van der Waals surface area contributed by atoms with Crippen LogP contribution in [0.15, 0.2) is 12.4 Å². The van der Waals surface area contributed by atoms with Crippen molar-refractivity contribution in [1.29, 1.82) is 0 Å². The van der Waals surface area contributed by atoms with Gasteiger partial charge in [-0.1, -0.05) is 13.8 Å². The second kappa shape index (κ2) is 3.95. The molecule has 0 atom stereocenters. The number of carbonyl (C=O) groups excluding carboxylic acids is 1. The van der Waals surface area contributed by atoms with Crippen LogP contribution in [0.1, 0.15) is 35.9 Å². The summed E-state index contributed by atoms with van der Waals surface area (Å²) in [6, 6.07) is 0. The summed E-state index contributed by atoms with van der Waals surface area (Å²) < 4.78 is 0. The number of hydrogen-bond acceptors (Lipinski definition) is 4. The van der Waals surface area contributed by atoms with Gasteiger partial charge in [-0.05, 0) is 5.92 Å². The van der Waals surface area contributed by atoms with Crippen LogP contribution in [0, 0.1) is 0 Å². The Morgan fingerprint density at radius 3 is 2.54 bits per heavy atom. The van der Waals surface area contributed by atoms with Crippen molar-refractivity contribution in [3.8, 4) is 0 Å². The molecule has 0 unspecified atom stereocenters. The summed E-state index contributed by atoms with van der Waals surface area (Å²) in [6.07, 6.45) is 2.99. The number of hydrazine groups is 1. The minimum atomic E-state index is -0.428. The lowest BCUT2D eigenvalue weighted by atomic mass is 10.1. The van der Waals surface area contributed by atoms with E-state index in [0.717, 1.165) is 5.69 Å². The molecular formula is C8H12N4O. The maximum absolute atomic E-state index is 11.0. The van der Waals surface area contributed by atoms with Gasteiger partial charge in [-0.15, -0.1) is 0 Å². The highest BCUT2D eigenvalue weighted by Crippen LogP contribution is 2.08. The molecule has 0 saturated carbocycles. The minimum Gasteiger partial charge on any atom is -0.289 e. The third-order valence-electron chi connectivity index (χ3n) is 1.63. The lowest BCUT2D eigenvalue weighted by Gasteiger charge is -2.03. The summed E-state index contributed by atoms with van der Waals surface area (Å²) in [5.74, 6) is 4.81. The number of nitrogens with two attached hydrogens (primary N) is 1. The van der Waals surface area contributed by atoms with Gasteiger partial charge >= 0.3 is 0 Å². The van der Waals surface area contributed by atoms with Crippen molar-refractivity contribution in [3.63, 3.8) is 0 Å². The first kappa shape index (κ1) is 9.60. The van der Waals surface area contributed by atoms with E-state index in [0.29, 0.717) is 5.92 Å². The van der Waals surface area contributed by atoms with E-state index in [1.54, 1.807) is 6.20 Å². The van der Waals surface area contributed by atoms with Gasteiger partial charge < -0.3 is 0 Å². The molecule has 0 spiro atoms. The quantitative estimate of drug-likeness (QED) is 0.387. The highest BCUT2D eigenvalue weighted by Gasteiger charge is 2.06. The van der Waals surface area contributed by atoms with E-state index in [4.69, 9.17) is 5.84 Å². The fourth-order valence-corrected chi connectivity index (χ4v) is 0.827. The van der Waals surface area contributed by atoms with Crippen LogP contribution < -0.4 is 11.3 Å². The van der Waals surface area contributed by atoms with Crippen LogP contribution in [0.2, 0.25) is 0 Å². The summed E-state index contributed by atoms with van der Waals surface area (Å²) >= 11 is 0. The number of nitrogen functional groups attached to an aromatic ring is 1. The van der Waals surface area contributed by atoms with Crippen LogP contribution in [-0.2, 0) is 0 Å². The van der Waals surface area contributed by atoms with Crippen molar-refractivity contribution in [2.45, 2.75) is 19.8 Å². The molecular weight excluding hydrogens is 168 g/mol. The van der Waals surface area contributed by atoms with Crippen LogP contribution in [0.5, 0.6) is 0 Å². The summed E-state index contributed by atoms with van der Waals surface area (Å²) in [5, 5.41) is 0. The van der Waals surface area contributed by atoms with Gasteiger partial charge in [0.25, 0.3) is 5.91 Å². The number of hydrogen-bond donors (Lipinski definition) is 2. The average Bonchev–Trinajstić information content (AvgIpc) is 2.17. The molecule has 0 radical (unpaired) electrons. The van der Waals surface area contributed by atoms with Gasteiger partial charge in [0, 0.05) is 6.20 Å². The van der Waals surface area contributed by atoms with E-state index in [1.807, 2.05) is 19.3 Å². The van der Waals surface area contributed by atoms with E-state index in [-0.39, 0.29) is 5.69 Å². The molecule has 1 amide bonds. The molecule has 5 nitrogen and oxygen atoms in total. The largest absolute Gasteiger partial charge is 0.289 e. The second-order valence-corrected chi connectivity index (χ2v) is 2.95. The molecule has 1 rings (SSSR count). The smallest absolute Gasteiger partial charge is 0.285 e. The zero-order chi connectivity index (χ0) is 9.84. The predicted octanol–water partition coefficient (Wildman–Crippen LogP) is 0.203. The first-order chi connectivity index (χ1) is 6.15. The minimum absolute atomic E-state index is 0.229. The van der Waals surface area contributed by atoms with Crippen molar-refractivity contribution in [2.75, 3.05) is 0 Å². The Hall–Kier alpha value is -1.49. The van der Waals surface area contributed by atoms with Crippen molar-refractivity contribution in [1.82, 2.24) is 15.4 Å². The Bertz CT molecular complexity index is 294. The highest BCUT2D eigenvalue weighted by molar-refractivity contribution is 5.91. The average molecular weight is 180 g/mol. The number of carbonyl (C=O) groups is 1. The maximum atomic E-state index is 11.0. The second-order valence-electron chi connectivity index (χ2n) is 2.95. The Labute approximate surface area is 76.4 Å². The molecule has 70 valence electrons. The van der Waals surface area contributed by atoms with E-state index in [9.17, 15) is 4.79 Å². The zero-order valence-electron chi connectivity index (χ0n) is 7.61. The first-order valence-electron chi connectivity index (χ1n) is 3.98. The molecule has 3 N–H and O–H groups in total. The van der Waals surface area contributed by atoms with E-state index >= 15 is 0 Å². The summed E-state index contributed by atoms with van der Waals surface area (Å²) in [6.45, 7) is 4.01. The van der Waals surface area contributed by atoms with Crippen LogP contribution in [0.3, 0.4) is 0 Å². The third-order valence-corrected chi connectivity index (χ3v) is 1.63. The lowest BCUT2D eigenvalue weighted by Crippen LogP contribution is -2.30. The fourth-order valence-electron chi connectivity index (χ4n) is 0.827. The molecule has 0 saturated heterocycles. The van der Waals surface area contributed by atoms with E-state index < -0.39 is 5.91 Å². The van der Waals surface area contributed by atoms with Crippen LogP contribution in [0.25, 0.3) is 0 Å². The molecule has 0 aromatic carbocycles. The highest BCUT2D eigenvalue weighted by atomic mass is 16.2. The van der Waals surface area contributed by atoms with Crippen molar-refractivity contribution >= 4 is 5.91 Å². The molecule has 1 aromatic heterocycles. The Morgan fingerprint density at radius 2 is 2.15 bits per heavy atom. The summed E-state index contributed by atoms with van der Waals surface area (Å²) in [4.78, 5) is 18.9. The lowest BCUT2D eigenvalue weighted by molar-refractivity contribution is 0.0948.